The van der Waals surface area contributed by atoms with Crippen molar-refractivity contribution in [1.29, 1.82) is 0 Å². The van der Waals surface area contributed by atoms with E-state index in [1.54, 1.807) is 7.11 Å². The number of hydrogen-bond donors (Lipinski definition) is 0. The Labute approximate surface area is 154 Å². The molecular formula is C21H24N2O3. The van der Waals surface area contributed by atoms with Crippen LogP contribution in [-0.4, -0.2) is 32.4 Å². The number of ether oxygens (including phenoxy) is 2. The van der Waals surface area contributed by atoms with Crippen LogP contribution >= 0.6 is 0 Å². The third kappa shape index (κ3) is 2.68. The van der Waals surface area contributed by atoms with Crippen LogP contribution in [0.2, 0.25) is 0 Å². The van der Waals surface area contributed by atoms with Crippen molar-refractivity contribution in [3.8, 4) is 5.75 Å². The van der Waals surface area contributed by atoms with Crippen molar-refractivity contribution >= 4 is 17.3 Å². The monoisotopic (exact) mass is 352 g/mol. The summed E-state index contributed by atoms with van der Waals surface area (Å²) in [6.45, 7) is 3.23. The molecule has 0 spiro atoms. The van der Waals surface area contributed by atoms with E-state index in [-0.39, 0.29) is 12.1 Å². The highest BCUT2D eigenvalue weighted by Gasteiger charge is 2.44. The van der Waals surface area contributed by atoms with Gasteiger partial charge < -0.3 is 19.3 Å². The predicted octanol–water partition coefficient (Wildman–Crippen LogP) is 3.75. The van der Waals surface area contributed by atoms with Gasteiger partial charge in [0.1, 0.15) is 11.9 Å². The van der Waals surface area contributed by atoms with Crippen molar-refractivity contribution in [2.45, 2.75) is 32.0 Å². The summed E-state index contributed by atoms with van der Waals surface area (Å²) < 4.78 is 10.8. The Morgan fingerprint density at radius 3 is 2.65 bits per heavy atom. The van der Waals surface area contributed by atoms with Gasteiger partial charge >= 0.3 is 5.97 Å². The van der Waals surface area contributed by atoms with Crippen LogP contribution in [-0.2, 0) is 9.53 Å². The largest absolute Gasteiger partial charge is 0.497 e. The summed E-state index contributed by atoms with van der Waals surface area (Å²) in [5.41, 5.74) is 3.17. The number of para-hydroxylation sites is 1. The first-order valence-electron chi connectivity index (χ1n) is 9.19. The van der Waals surface area contributed by atoms with Crippen molar-refractivity contribution < 1.29 is 14.3 Å². The number of rotatable bonds is 4. The van der Waals surface area contributed by atoms with Gasteiger partial charge in [0.05, 0.1) is 13.7 Å². The first-order valence-corrected chi connectivity index (χ1v) is 9.19. The first kappa shape index (κ1) is 16.8. The molecule has 2 aromatic carbocycles. The Hall–Kier alpha value is -2.69. The molecule has 136 valence electrons. The molecule has 1 fully saturated rings. The number of carbonyl (C=O) groups excluding carboxylic acids is 1. The average molecular weight is 352 g/mol. The normalized spacial score (nSPS) is 21.2. The SMILES string of the molecule is CCOC(=O)[C@@H]1c2ccccc2N2CCC[C@H]2N1c1ccc(OC)cc1. The molecule has 2 aliphatic rings. The fraction of sp³-hybridized carbons (Fsp3) is 0.381. The molecule has 2 atom stereocenters. The molecule has 0 aliphatic carbocycles. The van der Waals surface area contributed by atoms with Gasteiger partial charge in [0.25, 0.3) is 0 Å². The van der Waals surface area contributed by atoms with Crippen LogP contribution in [0.4, 0.5) is 11.4 Å². The van der Waals surface area contributed by atoms with Crippen LogP contribution in [0, 0.1) is 0 Å². The quantitative estimate of drug-likeness (QED) is 0.784. The molecule has 2 aliphatic heterocycles. The highest BCUT2D eigenvalue weighted by Crippen LogP contribution is 2.45. The number of nitrogens with zero attached hydrogens (tertiary/aromatic N) is 2. The lowest BCUT2D eigenvalue weighted by molar-refractivity contribution is -0.145. The minimum Gasteiger partial charge on any atom is -0.497 e. The second-order valence-electron chi connectivity index (χ2n) is 6.63. The van der Waals surface area contributed by atoms with Gasteiger partial charge in [-0.25, -0.2) is 4.79 Å². The smallest absolute Gasteiger partial charge is 0.333 e. The van der Waals surface area contributed by atoms with Crippen LogP contribution in [0.1, 0.15) is 31.4 Å². The third-order valence-electron chi connectivity index (χ3n) is 5.24. The van der Waals surface area contributed by atoms with E-state index in [1.807, 2.05) is 49.4 Å². The van der Waals surface area contributed by atoms with E-state index in [0.717, 1.165) is 42.1 Å². The van der Waals surface area contributed by atoms with Crippen molar-refractivity contribution in [1.82, 2.24) is 0 Å². The number of hydrogen-bond acceptors (Lipinski definition) is 5. The Morgan fingerprint density at radius 1 is 1.15 bits per heavy atom. The van der Waals surface area contributed by atoms with Crippen LogP contribution in [0.3, 0.4) is 0 Å². The Bertz CT molecular complexity index is 790. The lowest BCUT2D eigenvalue weighted by atomic mass is 9.97. The summed E-state index contributed by atoms with van der Waals surface area (Å²) in [7, 11) is 1.66. The maximum Gasteiger partial charge on any atom is 0.333 e. The Morgan fingerprint density at radius 2 is 1.92 bits per heavy atom. The second-order valence-corrected chi connectivity index (χ2v) is 6.63. The predicted molar refractivity (Wildman–Crippen MR) is 102 cm³/mol. The molecule has 0 aromatic heterocycles. The van der Waals surface area contributed by atoms with Gasteiger partial charge in [-0.15, -0.1) is 0 Å². The zero-order chi connectivity index (χ0) is 18.1. The molecule has 0 amide bonds. The van der Waals surface area contributed by atoms with Crippen molar-refractivity contribution in [2.24, 2.45) is 0 Å². The fourth-order valence-corrected chi connectivity index (χ4v) is 4.16. The molecule has 5 nitrogen and oxygen atoms in total. The van der Waals surface area contributed by atoms with Crippen LogP contribution < -0.4 is 14.5 Å². The van der Waals surface area contributed by atoms with Gasteiger partial charge in [-0.2, -0.15) is 0 Å². The van der Waals surface area contributed by atoms with Gasteiger partial charge in [-0.3, -0.25) is 0 Å². The summed E-state index contributed by atoms with van der Waals surface area (Å²) in [4.78, 5) is 17.6. The van der Waals surface area contributed by atoms with E-state index in [0.29, 0.717) is 6.61 Å². The van der Waals surface area contributed by atoms with E-state index in [4.69, 9.17) is 9.47 Å². The minimum atomic E-state index is -0.432. The topological polar surface area (TPSA) is 42.0 Å². The van der Waals surface area contributed by atoms with Crippen LogP contribution in [0.5, 0.6) is 5.75 Å². The molecule has 0 saturated carbocycles. The lowest BCUT2D eigenvalue weighted by Crippen LogP contribution is -2.53. The van der Waals surface area contributed by atoms with E-state index < -0.39 is 6.04 Å². The first-order chi connectivity index (χ1) is 12.7. The van der Waals surface area contributed by atoms with Crippen molar-refractivity contribution in [3.05, 3.63) is 54.1 Å². The van der Waals surface area contributed by atoms with E-state index >= 15 is 0 Å². The third-order valence-corrected chi connectivity index (χ3v) is 5.24. The molecule has 0 radical (unpaired) electrons. The number of benzene rings is 2. The van der Waals surface area contributed by atoms with Gasteiger partial charge in [0.2, 0.25) is 0 Å². The van der Waals surface area contributed by atoms with E-state index in [2.05, 4.69) is 15.9 Å². The zero-order valence-corrected chi connectivity index (χ0v) is 15.2. The van der Waals surface area contributed by atoms with Crippen molar-refractivity contribution in [3.63, 3.8) is 0 Å². The molecule has 2 heterocycles. The molecule has 26 heavy (non-hydrogen) atoms. The molecule has 0 unspecified atom stereocenters. The summed E-state index contributed by atoms with van der Waals surface area (Å²) >= 11 is 0. The second kappa shape index (κ2) is 6.90. The van der Waals surface area contributed by atoms with Gasteiger partial charge in [0.15, 0.2) is 6.04 Å². The molecule has 0 bridgehead atoms. The van der Waals surface area contributed by atoms with Crippen molar-refractivity contribution in [2.75, 3.05) is 30.1 Å². The molecule has 4 rings (SSSR count). The molecule has 5 heteroatoms. The number of carbonyl (C=O) groups is 1. The maximum atomic E-state index is 12.9. The highest BCUT2D eigenvalue weighted by molar-refractivity contribution is 5.86. The van der Waals surface area contributed by atoms with Crippen LogP contribution in [0.25, 0.3) is 0 Å². The Kier molecular flexibility index (Phi) is 4.45. The summed E-state index contributed by atoms with van der Waals surface area (Å²) in [5, 5.41) is 0. The number of fused-ring (bicyclic) bond motifs is 3. The van der Waals surface area contributed by atoms with Gasteiger partial charge in [-0.1, -0.05) is 18.2 Å². The maximum absolute atomic E-state index is 12.9. The number of anilines is 2. The average Bonchev–Trinajstić information content (AvgIpc) is 3.17. The molecule has 2 aromatic rings. The van der Waals surface area contributed by atoms with E-state index in [9.17, 15) is 4.79 Å². The number of methoxy groups -OCH3 is 1. The fourth-order valence-electron chi connectivity index (χ4n) is 4.16. The Balaban J connectivity index is 1.84. The molecule has 1 saturated heterocycles. The number of esters is 1. The zero-order valence-electron chi connectivity index (χ0n) is 15.2. The summed E-state index contributed by atoms with van der Waals surface area (Å²) in [5.74, 6) is 0.615. The van der Waals surface area contributed by atoms with Gasteiger partial charge in [-0.05, 0) is 50.1 Å². The lowest BCUT2D eigenvalue weighted by Gasteiger charge is -2.47. The van der Waals surface area contributed by atoms with Crippen LogP contribution in [0.15, 0.2) is 48.5 Å². The molecule has 0 N–H and O–H groups in total. The summed E-state index contributed by atoms with van der Waals surface area (Å²) in [6, 6.07) is 15.7. The van der Waals surface area contributed by atoms with E-state index in [1.165, 1.54) is 0 Å². The summed E-state index contributed by atoms with van der Waals surface area (Å²) in [6.07, 6.45) is 2.30. The van der Waals surface area contributed by atoms with Gasteiger partial charge in [0, 0.05) is 23.5 Å². The highest BCUT2D eigenvalue weighted by atomic mass is 16.5. The standard InChI is InChI=1S/C21H24N2O3/c1-3-26-21(24)20-17-7-4-5-8-18(17)22-14-6-9-19(22)23(20)15-10-12-16(25-2)13-11-15/h4-5,7-8,10-13,19-20H,3,6,9,14H2,1-2H3/t19-,20+/m1/s1. The molecular weight excluding hydrogens is 328 g/mol. The minimum absolute atomic E-state index is 0.160.